The Bertz CT molecular complexity index is 571. The molecule has 2 aromatic heterocycles. The van der Waals surface area contributed by atoms with E-state index in [1.165, 1.54) is 11.3 Å². The summed E-state index contributed by atoms with van der Waals surface area (Å²) in [7, 11) is 0. The number of carbonyl (C=O) groups is 1. The van der Waals surface area contributed by atoms with Gasteiger partial charge in [-0.3, -0.25) is 4.79 Å². The summed E-state index contributed by atoms with van der Waals surface area (Å²) in [4.78, 5) is 16.9. The molecule has 0 atom stereocenters. The number of thiazole rings is 1. The highest BCUT2D eigenvalue weighted by molar-refractivity contribution is 7.11. The van der Waals surface area contributed by atoms with Crippen LogP contribution < -0.4 is 5.43 Å². The average Bonchev–Trinajstić information content (AvgIpc) is 2.89. The molecule has 0 saturated heterocycles. The summed E-state index contributed by atoms with van der Waals surface area (Å²) < 4.78 is 0. The lowest BCUT2D eigenvalue weighted by Gasteiger charge is -1.96. The van der Waals surface area contributed by atoms with E-state index in [4.69, 9.17) is 0 Å². The summed E-state index contributed by atoms with van der Waals surface area (Å²) in [5.41, 5.74) is 4.62. The maximum atomic E-state index is 11.6. The standard InChI is InChI=1S/C12H13N3OS2/c1-8-3-4-17-10(8)6-13-15-11(16)5-12-14-9(2)7-18-12/h3-4,6-7H,5H2,1-2H3,(H,15,16)/b13-6-. The fourth-order valence-electron chi connectivity index (χ4n) is 1.34. The van der Waals surface area contributed by atoms with E-state index in [0.29, 0.717) is 0 Å². The molecule has 0 aliphatic heterocycles. The first-order chi connectivity index (χ1) is 8.65. The van der Waals surface area contributed by atoms with Crippen LogP contribution in [0.4, 0.5) is 0 Å². The van der Waals surface area contributed by atoms with Gasteiger partial charge in [0.15, 0.2) is 0 Å². The van der Waals surface area contributed by atoms with Gasteiger partial charge in [-0.15, -0.1) is 22.7 Å². The second-order valence-corrected chi connectivity index (χ2v) is 5.71. The van der Waals surface area contributed by atoms with E-state index < -0.39 is 0 Å². The Morgan fingerprint density at radius 1 is 1.50 bits per heavy atom. The van der Waals surface area contributed by atoms with Crippen molar-refractivity contribution in [3.8, 4) is 0 Å². The third-order valence-electron chi connectivity index (χ3n) is 2.25. The minimum Gasteiger partial charge on any atom is -0.273 e. The number of nitrogens with one attached hydrogen (secondary N) is 1. The highest BCUT2D eigenvalue weighted by atomic mass is 32.1. The average molecular weight is 279 g/mol. The van der Waals surface area contributed by atoms with Crippen LogP contribution in [0, 0.1) is 13.8 Å². The van der Waals surface area contributed by atoms with E-state index in [1.807, 2.05) is 30.7 Å². The molecule has 6 heteroatoms. The van der Waals surface area contributed by atoms with E-state index in [-0.39, 0.29) is 12.3 Å². The van der Waals surface area contributed by atoms with Gasteiger partial charge in [-0.2, -0.15) is 5.10 Å². The van der Waals surface area contributed by atoms with E-state index in [0.717, 1.165) is 21.1 Å². The highest BCUT2D eigenvalue weighted by Gasteiger charge is 2.05. The molecule has 0 bridgehead atoms. The van der Waals surface area contributed by atoms with Crippen LogP contribution in [0.15, 0.2) is 21.9 Å². The van der Waals surface area contributed by atoms with Crippen molar-refractivity contribution in [2.45, 2.75) is 20.3 Å². The number of hydrazone groups is 1. The second-order valence-electron chi connectivity index (χ2n) is 3.82. The summed E-state index contributed by atoms with van der Waals surface area (Å²) >= 11 is 3.09. The van der Waals surface area contributed by atoms with Crippen molar-refractivity contribution < 1.29 is 4.79 Å². The van der Waals surface area contributed by atoms with Crippen LogP contribution in [0.5, 0.6) is 0 Å². The number of rotatable bonds is 4. The number of amides is 1. The zero-order valence-corrected chi connectivity index (χ0v) is 11.8. The van der Waals surface area contributed by atoms with Crippen molar-refractivity contribution in [1.29, 1.82) is 0 Å². The molecule has 2 heterocycles. The molecule has 0 spiro atoms. The van der Waals surface area contributed by atoms with Crippen LogP contribution >= 0.6 is 22.7 Å². The number of carbonyl (C=O) groups excluding carboxylic acids is 1. The van der Waals surface area contributed by atoms with Crippen LogP contribution in [0.25, 0.3) is 0 Å². The lowest BCUT2D eigenvalue weighted by Crippen LogP contribution is -2.19. The SMILES string of the molecule is Cc1csc(CC(=O)N/N=C\c2sccc2C)n1. The summed E-state index contributed by atoms with van der Waals surface area (Å²) in [6, 6.07) is 2.02. The normalized spacial score (nSPS) is 11.0. The number of aromatic nitrogens is 1. The number of thiophene rings is 1. The van der Waals surface area contributed by atoms with E-state index >= 15 is 0 Å². The largest absolute Gasteiger partial charge is 0.273 e. The van der Waals surface area contributed by atoms with Gasteiger partial charge in [0.1, 0.15) is 5.01 Å². The van der Waals surface area contributed by atoms with E-state index in [1.54, 1.807) is 17.6 Å². The van der Waals surface area contributed by atoms with Crippen molar-refractivity contribution in [1.82, 2.24) is 10.4 Å². The highest BCUT2D eigenvalue weighted by Crippen LogP contribution is 2.12. The van der Waals surface area contributed by atoms with Crippen molar-refractivity contribution in [2.75, 3.05) is 0 Å². The molecular formula is C12H13N3OS2. The van der Waals surface area contributed by atoms with Crippen molar-refractivity contribution in [2.24, 2.45) is 5.10 Å². The molecule has 18 heavy (non-hydrogen) atoms. The smallest absolute Gasteiger partial charge is 0.246 e. The van der Waals surface area contributed by atoms with Crippen molar-refractivity contribution >= 4 is 34.8 Å². The first-order valence-corrected chi connectivity index (χ1v) is 7.18. The molecule has 94 valence electrons. The maximum absolute atomic E-state index is 11.6. The minimum absolute atomic E-state index is 0.144. The molecule has 4 nitrogen and oxygen atoms in total. The quantitative estimate of drug-likeness (QED) is 0.690. The molecule has 0 aliphatic carbocycles. The zero-order chi connectivity index (χ0) is 13.0. The fraction of sp³-hybridized carbons (Fsp3) is 0.250. The van der Waals surface area contributed by atoms with Crippen LogP contribution in [-0.4, -0.2) is 17.1 Å². The van der Waals surface area contributed by atoms with E-state index in [9.17, 15) is 4.79 Å². The molecule has 0 radical (unpaired) electrons. The second kappa shape index (κ2) is 5.88. The van der Waals surface area contributed by atoms with Crippen molar-refractivity contribution in [3.05, 3.63) is 38.0 Å². The van der Waals surface area contributed by atoms with Crippen LogP contribution in [-0.2, 0) is 11.2 Å². The topological polar surface area (TPSA) is 54.4 Å². The Balaban J connectivity index is 1.85. The molecule has 0 aromatic carbocycles. The molecular weight excluding hydrogens is 266 g/mol. The summed E-state index contributed by atoms with van der Waals surface area (Å²) in [5.74, 6) is -0.144. The summed E-state index contributed by atoms with van der Waals surface area (Å²) in [6.45, 7) is 3.92. The monoisotopic (exact) mass is 279 g/mol. The van der Waals surface area contributed by atoms with Crippen LogP contribution in [0.2, 0.25) is 0 Å². The Hall–Kier alpha value is -1.53. The fourth-order valence-corrected chi connectivity index (χ4v) is 2.90. The van der Waals surface area contributed by atoms with Gasteiger partial charge in [-0.1, -0.05) is 0 Å². The third-order valence-corrected chi connectivity index (χ3v) is 4.17. The van der Waals surface area contributed by atoms with Crippen LogP contribution in [0.1, 0.15) is 21.1 Å². The molecule has 0 aliphatic rings. The van der Waals surface area contributed by atoms with Gasteiger partial charge in [0, 0.05) is 16.0 Å². The third kappa shape index (κ3) is 3.48. The summed E-state index contributed by atoms with van der Waals surface area (Å²) in [5, 5.41) is 8.68. The lowest BCUT2D eigenvalue weighted by atomic mass is 10.3. The van der Waals surface area contributed by atoms with Crippen molar-refractivity contribution in [3.63, 3.8) is 0 Å². The van der Waals surface area contributed by atoms with Gasteiger partial charge in [0.25, 0.3) is 0 Å². The maximum Gasteiger partial charge on any atom is 0.246 e. The first-order valence-electron chi connectivity index (χ1n) is 5.42. The number of nitrogens with zero attached hydrogens (tertiary/aromatic N) is 2. The molecule has 2 aromatic rings. The van der Waals surface area contributed by atoms with Crippen LogP contribution in [0.3, 0.4) is 0 Å². The minimum atomic E-state index is -0.144. The molecule has 1 N–H and O–H groups in total. The Morgan fingerprint density at radius 2 is 2.33 bits per heavy atom. The van der Waals surface area contributed by atoms with Gasteiger partial charge in [0.05, 0.1) is 12.6 Å². The molecule has 0 fully saturated rings. The van der Waals surface area contributed by atoms with Gasteiger partial charge in [0.2, 0.25) is 5.91 Å². The summed E-state index contributed by atoms with van der Waals surface area (Å²) in [6.07, 6.45) is 1.95. The molecule has 1 amide bonds. The molecule has 0 saturated carbocycles. The Morgan fingerprint density at radius 3 is 2.94 bits per heavy atom. The van der Waals surface area contributed by atoms with Gasteiger partial charge >= 0.3 is 0 Å². The Kier molecular flexibility index (Phi) is 4.22. The number of hydrogen-bond donors (Lipinski definition) is 1. The Labute approximate surface area is 113 Å². The van der Waals surface area contributed by atoms with Gasteiger partial charge in [-0.05, 0) is 30.9 Å². The predicted molar refractivity (Wildman–Crippen MR) is 75.3 cm³/mol. The first kappa shape index (κ1) is 12.9. The zero-order valence-electron chi connectivity index (χ0n) is 10.1. The number of aryl methyl sites for hydroxylation is 2. The molecule has 2 rings (SSSR count). The van der Waals surface area contributed by atoms with E-state index in [2.05, 4.69) is 15.5 Å². The van der Waals surface area contributed by atoms with Gasteiger partial charge in [-0.25, -0.2) is 10.4 Å². The van der Waals surface area contributed by atoms with Gasteiger partial charge < -0.3 is 0 Å². The molecule has 0 unspecified atom stereocenters. The lowest BCUT2D eigenvalue weighted by molar-refractivity contribution is -0.120. The predicted octanol–water partition coefficient (Wildman–Crippen LogP) is 2.51. The number of hydrogen-bond acceptors (Lipinski definition) is 5.